The first-order valence-electron chi connectivity index (χ1n) is 9.76. The molecule has 3 aromatic carbocycles. The van der Waals surface area contributed by atoms with E-state index in [0.717, 1.165) is 16.7 Å². The molecule has 7 heteroatoms. The van der Waals surface area contributed by atoms with Gasteiger partial charge in [0.05, 0.1) is 12.2 Å². The molecule has 0 unspecified atom stereocenters. The SMILES string of the molecule is Cc1cccc(CN2c3ccccc3C(=O)C(=CNCc3ccc(F)cc3)S2(=O)=O)c1. The summed E-state index contributed by atoms with van der Waals surface area (Å²) >= 11 is 0. The van der Waals surface area contributed by atoms with Crippen LogP contribution in [0, 0.1) is 12.7 Å². The summed E-state index contributed by atoms with van der Waals surface area (Å²) in [6, 6.07) is 20.1. The Morgan fingerprint density at radius 3 is 2.45 bits per heavy atom. The summed E-state index contributed by atoms with van der Waals surface area (Å²) in [4.78, 5) is 12.7. The Balaban J connectivity index is 1.69. The van der Waals surface area contributed by atoms with Crippen LogP contribution >= 0.6 is 0 Å². The molecule has 0 aromatic heterocycles. The van der Waals surface area contributed by atoms with E-state index in [4.69, 9.17) is 0 Å². The van der Waals surface area contributed by atoms with Crippen molar-refractivity contribution in [2.75, 3.05) is 4.31 Å². The van der Waals surface area contributed by atoms with Gasteiger partial charge in [-0.3, -0.25) is 9.10 Å². The maximum Gasteiger partial charge on any atom is 0.270 e. The number of halogens is 1. The summed E-state index contributed by atoms with van der Waals surface area (Å²) < 4.78 is 41.2. The largest absolute Gasteiger partial charge is 0.386 e. The fraction of sp³-hybridized carbons (Fsp3) is 0.125. The van der Waals surface area contributed by atoms with Crippen molar-refractivity contribution in [3.8, 4) is 0 Å². The Kier molecular flexibility index (Phi) is 5.61. The molecule has 0 saturated heterocycles. The highest BCUT2D eigenvalue weighted by Gasteiger charge is 2.39. The van der Waals surface area contributed by atoms with Crippen LogP contribution in [-0.4, -0.2) is 14.2 Å². The van der Waals surface area contributed by atoms with E-state index in [1.807, 2.05) is 31.2 Å². The molecular weight excluding hydrogens is 415 g/mol. The summed E-state index contributed by atoms with van der Waals surface area (Å²) in [5.74, 6) is -0.904. The van der Waals surface area contributed by atoms with Gasteiger partial charge < -0.3 is 5.32 Å². The van der Waals surface area contributed by atoms with Crippen LogP contribution in [0.2, 0.25) is 0 Å². The van der Waals surface area contributed by atoms with Crippen molar-refractivity contribution in [2.24, 2.45) is 0 Å². The molecule has 0 amide bonds. The number of fused-ring (bicyclic) bond motifs is 1. The highest BCUT2D eigenvalue weighted by molar-refractivity contribution is 7.97. The van der Waals surface area contributed by atoms with Gasteiger partial charge in [0.25, 0.3) is 10.0 Å². The first-order chi connectivity index (χ1) is 14.9. The van der Waals surface area contributed by atoms with E-state index in [2.05, 4.69) is 5.32 Å². The molecule has 0 radical (unpaired) electrons. The lowest BCUT2D eigenvalue weighted by Gasteiger charge is -2.31. The van der Waals surface area contributed by atoms with E-state index >= 15 is 0 Å². The molecule has 0 atom stereocenters. The van der Waals surface area contributed by atoms with Crippen molar-refractivity contribution in [2.45, 2.75) is 20.0 Å². The lowest BCUT2D eigenvalue weighted by Crippen LogP contribution is -2.39. The molecule has 1 N–H and O–H groups in total. The molecule has 0 saturated carbocycles. The topological polar surface area (TPSA) is 66.5 Å². The Hall–Kier alpha value is -3.45. The minimum atomic E-state index is -4.08. The maximum atomic E-state index is 13.4. The molecule has 0 aliphatic carbocycles. The quantitative estimate of drug-likeness (QED) is 0.606. The van der Waals surface area contributed by atoms with Gasteiger partial charge in [-0.25, -0.2) is 12.8 Å². The van der Waals surface area contributed by atoms with Crippen molar-refractivity contribution in [1.29, 1.82) is 0 Å². The van der Waals surface area contributed by atoms with Crippen molar-refractivity contribution in [1.82, 2.24) is 5.32 Å². The summed E-state index contributed by atoms with van der Waals surface area (Å²) in [6.45, 7) is 2.31. The lowest BCUT2D eigenvalue weighted by atomic mass is 10.1. The standard InChI is InChI=1S/C24H21FN2O3S/c1-17-5-4-6-19(13-17)16-27-22-8-3-2-7-21(22)24(28)23(31(27,29)30)15-26-14-18-9-11-20(25)12-10-18/h2-13,15,26H,14,16H2,1H3. The predicted octanol–water partition coefficient (Wildman–Crippen LogP) is 4.30. The van der Waals surface area contributed by atoms with Crippen molar-refractivity contribution in [3.05, 3.63) is 112 Å². The van der Waals surface area contributed by atoms with Gasteiger partial charge >= 0.3 is 0 Å². The first-order valence-corrected chi connectivity index (χ1v) is 11.2. The zero-order valence-corrected chi connectivity index (χ0v) is 17.7. The van der Waals surface area contributed by atoms with Gasteiger partial charge in [-0.15, -0.1) is 0 Å². The minimum absolute atomic E-state index is 0.115. The number of hydrogen-bond acceptors (Lipinski definition) is 4. The number of aryl methyl sites for hydroxylation is 1. The second kappa shape index (κ2) is 8.35. The zero-order chi connectivity index (χ0) is 22.0. The van der Waals surface area contributed by atoms with Gasteiger partial charge in [0.2, 0.25) is 5.78 Å². The molecule has 158 valence electrons. The van der Waals surface area contributed by atoms with Gasteiger partial charge in [-0.2, -0.15) is 0 Å². The van der Waals surface area contributed by atoms with E-state index in [1.165, 1.54) is 22.6 Å². The molecule has 1 heterocycles. The number of ketones is 1. The van der Waals surface area contributed by atoms with Gasteiger partial charge in [0.1, 0.15) is 5.82 Å². The number of rotatable bonds is 5. The van der Waals surface area contributed by atoms with E-state index in [9.17, 15) is 17.6 Å². The van der Waals surface area contributed by atoms with Crippen LogP contribution in [-0.2, 0) is 23.1 Å². The summed E-state index contributed by atoms with van der Waals surface area (Å²) in [6.07, 6.45) is 1.24. The number of sulfonamides is 1. The lowest BCUT2D eigenvalue weighted by molar-refractivity contribution is 0.104. The van der Waals surface area contributed by atoms with E-state index in [0.29, 0.717) is 11.3 Å². The molecule has 31 heavy (non-hydrogen) atoms. The number of benzene rings is 3. The Bertz CT molecular complexity index is 1270. The summed E-state index contributed by atoms with van der Waals surface area (Å²) in [5.41, 5.74) is 3.31. The highest BCUT2D eigenvalue weighted by atomic mass is 32.2. The monoisotopic (exact) mass is 436 g/mol. The number of Topliss-reactive ketones (excluding diaryl/α,β-unsaturated/α-hetero) is 1. The first kappa shape index (κ1) is 20.8. The van der Waals surface area contributed by atoms with E-state index < -0.39 is 15.8 Å². The van der Waals surface area contributed by atoms with Crippen LogP contribution < -0.4 is 9.62 Å². The van der Waals surface area contributed by atoms with E-state index in [1.54, 1.807) is 36.4 Å². The molecule has 0 bridgehead atoms. The van der Waals surface area contributed by atoms with E-state index in [-0.39, 0.29) is 23.8 Å². The highest BCUT2D eigenvalue weighted by Crippen LogP contribution is 2.36. The third-order valence-electron chi connectivity index (χ3n) is 5.07. The van der Waals surface area contributed by atoms with Crippen LogP contribution in [0.4, 0.5) is 10.1 Å². The molecule has 1 aliphatic heterocycles. The van der Waals surface area contributed by atoms with Crippen LogP contribution in [0.15, 0.2) is 83.9 Å². The number of allylic oxidation sites excluding steroid dienone is 1. The predicted molar refractivity (Wildman–Crippen MR) is 118 cm³/mol. The Morgan fingerprint density at radius 2 is 1.71 bits per heavy atom. The minimum Gasteiger partial charge on any atom is -0.386 e. The zero-order valence-electron chi connectivity index (χ0n) is 16.9. The molecule has 1 aliphatic rings. The van der Waals surface area contributed by atoms with Gasteiger partial charge in [0, 0.05) is 18.3 Å². The molecule has 4 rings (SSSR count). The second-order valence-corrected chi connectivity index (χ2v) is 9.19. The van der Waals surface area contributed by atoms with Gasteiger partial charge in [0.15, 0.2) is 4.91 Å². The normalized spacial score (nSPS) is 16.3. The number of carbonyl (C=O) groups is 1. The number of anilines is 1. The molecule has 0 fully saturated rings. The smallest absolute Gasteiger partial charge is 0.270 e. The summed E-state index contributed by atoms with van der Waals surface area (Å²) in [5, 5.41) is 2.89. The van der Waals surface area contributed by atoms with Crippen LogP contribution in [0.5, 0.6) is 0 Å². The maximum absolute atomic E-state index is 13.4. The molecule has 5 nitrogen and oxygen atoms in total. The molecule has 0 spiro atoms. The van der Waals surface area contributed by atoms with Crippen LogP contribution in [0.1, 0.15) is 27.0 Å². The molecule has 3 aromatic rings. The summed E-state index contributed by atoms with van der Waals surface area (Å²) in [7, 11) is -4.08. The number of nitrogens with one attached hydrogen (secondary N) is 1. The number of carbonyl (C=O) groups excluding carboxylic acids is 1. The Morgan fingerprint density at radius 1 is 0.968 bits per heavy atom. The molecular formula is C24H21FN2O3S. The van der Waals surface area contributed by atoms with Crippen LogP contribution in [0.3, 0.4) is 0 Å². The van der Waals surface area contributed by atoms with Gasteiger partial charge in [-0.1, -0.05) is 54.1 Å². The number of hydrogen-bond donors (Lipinski definition) is 1. The Labute approximate surface area is 180 Å². The van der Waals surface area contributed by atoms with Gasteiger partial charge in [-0.05, 0) is 42.3 Å². The van der Waals surface area contributed by atoms with Crippen molar-refractivity contribution in [3.63, 3.8) is 0 Å². The third-order valence-corrected chi connectivity index (χ3v) is 6.84. The van der Waals surface area contributed by atoms with Crippen molar-refractivity contribution >= 4 is 21.5 Å². The van der Waals surface area contributed by atoms with Crippen LogP contribution in [0.25, 0.3) is 0 Å². The second-order valence-electron chi connectivity index (χ2n) is 7.36. The fourth-order valence-electron chi connectivity index (χ4n) is 3.53. The average molecular weight is 437 g/mol. The third kappa shape index (κ3) is 4.22. The average Bonchev–Trinajstić information content (AvgIpc) is 2.75. The number of para-hydroxylation sites is 1. The fourth-order valence-corrected chi connectivity index (χ4v) is 5.08. The number of nitrogens with zero attached hydrogens (tertiary/aromatic N) is 1. The van der Waals surface area contributed by atoms with Crippen molar-refractivity contribution < 1.29 is 17.6 Å².